The predicted molar refractivity (Wildman–Crippen MR) is 93.5 cm³/mol. The third kappa shape index (κ3) is 4.72. The highest BCUT2D eigenvalue weighted by Gasteiger charge is 2.27. The fraction of sp³-hybridized carbons (Fsp3) is 0.412. The van der Waals surface area contributed by atoms with Crippen molar-refractivity contribution >= 4 is 41.1 Å². The van der Waals surface area contributed by atoms with Crippen molar-refractivity contribution in [2.45, 2.75) is 12.8 Å². The van der Waals surface area contributed by atoms with Gasteiger partial charge in [-0.25, -0.2) is 0 Å². The van der Waals surface area contributed by atoms with Crippen molar-refractivity contribution in [1.29, 1.82) is 0 Å². The number of rotatable bonds is 3. The van der Waals surface area contributed by atoms with E-state index < -0.39 is 0 Å². The summed E-state index contributed by atoms with van der Waals surface area (Å²) in [6, 6.07) is 5.22. The van der Waals surface area contributed by atoms with Gasteiger partial charge < -0.3 is 9.80 Å². The maximum atomic E-state index is 12.2. The van der Waals surface area contributed by atoms with Crippen LogP contribution in [0, 0.1) is 5.92 Å². The molecular formula is C17H20Cl2N2O2. The molecule has 2 rings (SSSR count). The van der Waals surface area contributed by atoms with Crippen molar-refractivity contribution in [2.75, 3.05) is 27.2 Å². The second-order valence-electron chi connectivity index (χ2n) is 5.84. The lowest BCUT2D eigenvalue weighted by molar-refractivity contribution is -0.137. The van der Waals surface area contributed by atoms with Crippen LogP contribution in [0.4, 0.5) is 0 Å². The summed E-state index contributed by atoms with van der Waals surface area (Å²) in [4.78, 5) is 27.5. The molecule has 1 aromatic rings. The number of amides is 2. The minimum atomic E-state index is -0.0492. The second kappa shape index (κ2) is 7.84. The summed E-state index contributed by atoms with van der Waals surface area (Å²) in [5, 5.41) is 0.951. The van der Waals surface area contributed by atoms with Gasteiger partial charge in [0.05, 0.1) is 10.0 Å². The standard InChI is InChI=1S/C17H20Cl2N2O2/c1-20(2)17(23)13-7-9-21(10-8-13)16(22)6-4-12-3-5-14(18)15(19)11-12/h3-6,11,13H,7-10H2,1-2H3. The van der Waals surface area contributed by atoms with Crippen LogP contribution in [0.15, 0.2) is 24.3 Å². The van der Waals surface area contributed by atoms with E-state index >= 15 is 0 Å². The molecule has 23 heavy (non-hydrogen) atoms. The summed E-state index contributed by atoms with van der Waals surface area (Å²) in [7, 11) is 3.53. The van der Waals surface area contributed by atoms with Crippen LogP contribution in [0.1, 0.15) is 18.4 Å². The van der Waals surface area contributed by atoms with Crippen LogP contribution in [-0.2, 0) is 9.59 Å². The summed E-state index contributed by atoms with van der Waals surface area (Å²) in [5.74, 6) is 0.114. The van der Waals surface area contributed by atoms with Gasteiger partial charge in [0.25, 0.3) is 0 Å². The van der Waals surface area contributed by atoms with E-state index in [0.29, 0.717) is 36.0 Å². The molecule has 0 aromatic heterocycles. The average Bonchev–Trinajstić information content (AvgIpc) is 2.55. The molecule has 0 unspecified atom stereocenters. The largest absolute Gasteiger partial charge is 0.349 e. The molecule has 0 saturated carbocycles. The van der Waals surface area contributed by atoms with Crippen LogP contribution in [0.25, 0.3) is 6.08 Å². The summed E-state index contributed by atoms with van der Waals surface area (Å²) < 4.78 is 0. The van der Waals surface area contributed by atoms with Crippen molar-refractivity contribution in [2.24, 2.45) is 5.92 Å². The molecule has 1 aliphatic rings. The summed E-state index contributed by atoms with van der Waals surface area (Å²) in [5.41, 5.74) is 0.824. The zero-order valence-corrected chi connectivity index (χ0v) is 14.8. The Bertz CT molecular complexity index is 621. The zero-order chi connectivity index (χ0) is 17.0. The number of hydrogen-bond donors (Lipinski definition) is 0. The molecule has 1 heterocycles. The normalized spacial score (nSPS) is 15.9. The molecule has 0 spiro atoms. The van der Waals surface area contributed by atoms with Gasteiger partial charge in [-0.05, 0) is 36.6 Å². The quantitative estimate of drug-likeness (QED) is 0.781. The highest BCUT2D eigenvalue weighted by atomic mass is 35.5. The van der Waals surface area contributed by atoms with Gasteiger partial charge in [0.15, 0.2) is 0 Å². The topological polar surface area (TPSA) is 40.6 Å². The van der Waals surface area contributed by atoms with Crippen LogP contribution in [0.3, 0.4) is 0 Å². The minimum Gasteiger partial charge on any atom is -0.349 e. The van der Waals surface area contributed by atoms with E-state index in [9.17, 15) is 9.59 Å². The predicted octanol–water partition coefficient (Wildman–Crippen LogP) is 3.33. The Morgan fingerprint density at radius 3 is 2.39 bits per heavy atom. The van der Waals surface area contributed by atoms with Crippen LogP contribution < -0.4 is 0 Å². The lowest BCUT2D eigenvalue weighted by atomic mass is 9.95. The molecule has 1 aliphatic heterocycles. The molecule has 4 nitrogen and oxygen atoms in total. The van der Waals surface area contributed by atoms with Gasteiger partial charge in [0.1, 0.15) is 0 Å². The number of likely N-dealkylation sites (tertiary alicyclic amines) is 1. The van der Waals surface area contributed by atoms with Gasteiger partial charge in [-0.3, -0.25) is 9.59 Å². The molecule has 0 N–H and O–H groups in total. The number of carbonyl (C=O) groups is 2. The molecule has 0 atom stereocenters. The van der Waals surface area contributed by atoms with Crippen molar-refractivity contribution in [3.8, 4) is 0 Å². The van der Waals surface area contributed by atoms with E-state index in [1.54, 1.807) is 48.2 Å². The Hall–Kier alpha value is -1.52. The number of benzene rings is 1. The van der Waals surface area contributed by atoms with Crippen molar-refractivity contribution in [3.63, 3.8) is 0 Å². The maximum absolute atomic E-state index is 12.2. The maximum Gasteiger partial charge on any atom is 0.246 e. The van der Waals surface area contributed by atoms with E-state index in [-0.39, 0.29) is 17.7 Å². The molecule has 1 aromatic carbocycles. The van der Waals surface area contributed by atoms with Gasteiger partial charge in [-0.2, -0.15) is 0 Å². The molecule has 1 saturated heterocycles. The van der Waals surface area contributed by atoms with E-state index in [1.165, 1.54) is 6.08 Å². The molecule has 0 bridgehead atoms. The number of halogens is 2. The van der Waals surface area contributed by atoms with Crippen LogP contribution >= 0.6 is 23.2 Å². The molecule has 1 fully saturated rings. The monoisotopic (exact) mass is 354 g/mol. The number of carbonyl (C=O) groups excluding carboxylic acids is 2. The van der Waals surface area contributed by atoms with Gasteiger partial charge >= 0.3 is 0 Å². The van der Waals surface area contributed by atoms with Crippen LogP contribution in [0.2, 0.25) is 10.0 Å². The van der Waals surface area contributed by atoms with Gasteiger partial charge in [0.2, 0.25) is 11.8 Å². The fourth-order valence-electron chi connectivity index (χ4n) is 2.60. The van der Waals surface area contributed by atoms with E-state index in [4.69, 9.17) is 23.2 Å². The summed E-state index contributed by atoms with van der Waals surface area (Å²) in [6.07, 6.45) is 4.68. The average molecular weight is 355 g/mol. The highest BCUT2D eigenvalue weighted by Crippen LogP contribution is 2.23. The first-order chi connectivity index (χ1) is 10.9. The first kappa shape index (κ1) is 17.8. The SMILES string of the molecule is CN(C)C(=O)C1CCN(C(=O)C=Cc2ccc(Cl)c(Cl)c2)CC1. The summed E-state index contributed by atoms with van der Waals surface area (Å²) >= 11 is 11.8. The number of piperidine rings is 1. The molecule has 2 amide bonds. The Balaban J connectivity index is 1.91. The van der Waals surface area contributed by atoms with Crippen molar-refractivity contribution in [3.05, 3.63) is 39.9 Å². The van der Waals surface area contributed by atoms with Gasteiger partial charge in [-0.1, -0.05) is 29.3 Å². The number of nitrogens with zero attached hydrogens (tertiary/aromatic N) is 2. The fourth-order valence-corrected chi connectivity index (χ4v) is 2.91. The molecule has 0 aliphatic carbocycles. The Kier molecular flexibility index (Phi) is 6.08. The molecule has 0 radical (unpaired) electrons. The lowest BCUT2D eigenvalue weighted by Gasteiger charge is -2.31. The van der Waals surface area contributed by atoms with Gasteiger partial charge in [-0.15, -0.1) is 0 Å². The van der Waals surface area contributed by atoms with E-state index in [1.807, 2.05) is 0 Å². The summed E-state index contributed by atoms with van der Waals surface area (Å²) in [6.45, 7) is 1.21. The molecule has 124 valence electrons. The third-order valence-corrected chi connectivity index (χ3v) is 4.70. The zero-order valence-electron chi connectivity index (χ0n) is 13.3. The van der Waals surface area contributed by atoms with Crippen LogP contribution in [-0.4, -0.2) is 48.8 Å². The smallest absolute Gasteiger partial charge is 0.246 e. The number of hydrogen-bond acceptors (Lipinski definition) is 2. The van der Waals surface area contributed by atoms with E-state index in [0.717, 1.165) is 5.56 Å². The first-order valence-corrected chi connectivity index (χ1v) is 8.27. The Labute approximate surface area is 146 Å². The lowest BCUT2D eigenvalue weighted by Crippen LogP contribution is -2.42. The Morgan fingerprint density at radius 1 is 1.17 bits per heavy atom. The van der Waals surface area contributed by atoms with Crippen molar-refractivity contribution < 1.29 is 9.59 Å². The third-order valence-electron chi connectivity index (χ3n) is 3.96. The Morgan fingerprint density at radius 2 is 1.83 bits per heavy atom. The second-order valence-corrected chi connectivity index (χ2v) is 6.65. The molecular weight excluding hydrogens is 335 g/mol. The highest BCUT2D eigenvalue weighted by molar-refractivity contribution is 6.42. The van der Waals surface area contributed by atoms with Gasteiger partial charge in [0, 0.05) is 39.2 Å². The van der Waals surface area contributed by atoms with Crippen LogP contribution in [0.5, 0.6) is 0 Å². The van der Waals surface area contributed by atoms with Crippen molar-refractivity contribution in [1.82, 2.24) is 9.80 Å². The van der Waals surface area contributed by atoms with E-state index in [2.05, 4.69) is 0 Å². The minimum absolute atomic E-state index is 0.0214. The molecule has 6 heteroatoms. The first-order valence-electron chi connectivity index (χ1n) is 7.51.